The van der Waals surface area contributed by atoms with Crippen LogP contribution < -0.4 is 15.6 Å². The second-order valence-corrected chi connectivity index (χ2v) is 3.70. The highest BCUT2D eigenvalue weighted by molar-refractivity contribution is 5.63. The molecule has 18 heavy (non-hydrogen) atoms. The zero-order chi connectivity index (χ0) is 13.9. The van der Waals surface area contributed by atoms with E-state index in [4.69, 9.17) is 0 Å². The van der Waals surface area contributed by atoms with E-state index in [1.807, 2.05) is 13.8 Å². The third kappa shape index (κ3) is 3.07. The number of rotatable bonds is 1. The molecule has 0 saturated carbocycles. The molecule has 0 unspecified atom stereocenters. The number of hydrogen-bond donors (Lipinski definition) is 2. The van der Waals surface area contributed by atoms with Crippen LogP contribution in [0, 0.1) is 13.8 Å². The summed E-state index contributed by atoms with van der Waals surface area (Å²) in [5.41, 5.74) is 8.34. The van der Waals surface area contributed by atoms with E-state index in [2.05, 4.69) is 15.6 Å². The summed E-state index contributed by atoms with van der Waals surface area (Å²) in [6.45, 7) is 7.71. The minimum absolute atomic E-state index is 0.100. The molecular weight excluding hydrogens is 245 g/mol. The van der Waals surface area contributed by atoms with Gasteiger partial charge < -0.3 is 10.2 Å². The quantitative estimate of drug-likeness (QED) is 0.810. The van der Waals surface area contributed by atoms with Crippen LogP contribution in [0.3, 0.4) is 0 Å². The van der Waals surface area contributed by atoms with Crippen molar-refractivity contribution >= 4 is 5.69 Å². The Morgan fingerprint density at radius 2 is 1.83 bits per heavy atom. The fraction of sp³-hybridized carbons (Fsp3) is 0.500. The molecule has 0 atom stereocenters. The van der Waals surface area contributed by atoms with Crippen LogP contribution in [0.15, 0.2) is 6.07 Å². The molecule has 3 nitrogen and oxygen atoms in total. The molecular formula is C12H17F3N2O. The summed E-state index contributed by atoms with van der Waals surface area (Å²) in [5, 5.41) is 0. The van der Waals surface area contributed by atoms with Crippen molar-refractivity contribution in [2.75, 3.05) is 5.43 Å². The maximum atomic E-state index is 12.2. The van der Waals surface area contributed by atoms with Gasteiger partial charge in [0.1, 0.15) is 5.75 Å². The van der Waals surface area contributed by atoms with Crippen molar-refractivity contribution in [1.82, 2.24) is 5.43 Å². The molecule has 0 amide bonds. The number of anilines is 1. The van der Waals surface area contributed by atoms with Crippen LogP contribution in [0.25, 0.3) is 0 Å². The average Bonchev–Trinajstić information content (AvgIpc) is 2.74. The van der Waals surface area contributed by atoms with Gasteiger partial charge in [-0.1, -0.05) is 13.8 Å². The van der Waals surface area contributed by atoms with Gasteiger partial charge in [-0.3, -0.25) is 0 Å². The Morgan fingerprint density at radius 3 is 2.39 bits per heavy atom. The SMILES string of the molecule is CC.Cc1cc2c(c(C)c1OC(F)(F)F)CNN2. The zero-order valence-electron chi connectivity index (χ0n) is 10.8. The van der Waals surface area contributed by atoms with Crippen LogP contribution >= 0.6 is 0 Å². The number of fused-ring (bicyclic) bond motifs is 1. The van der Waals surface area contributed by atoms with Gasteiger partial charge in [0.15, 0.2) is 0 Å². The molecule has 1 heterocycles. The van der Waals surface area contributed by atoms with Crippen molar-refractivity contribution < 1.29 is 17.9 Å². The first-order valence-corrected chi connectivity index (χ1v) is 5.76. The van der Waals surface area contributed by atoms with Crippen LogP contribution in [0.2, 0.25) is 0 Å². The molecule has 1 aliphatic rings. The van der Waals surface area contributed by atoms with Crippen molar-refractivity contribution in [3.63, 3.8) is 0 Å². The molecule has 0 bridgehead atoms. The fourth-order valence-electron chi connectivity index (χ4n) is 1.84. The van der Waals surface area contributed by atoms with Crippen LogP contribution in [-0.4, -0.2) is 6.36 Å². The van der Waals surface area contributed by atoms with E-state index in [1.165, 1.54) is 0 Å². The number of alkyl halides is 3. The Hall–Kier alpha value is -1.43. The molecule has 0 saturated heterocycles. The molecule has 2 N–H and O–H groups in total. The molecule has 0 fully saturated rings. The van der Waals surface area contributed by atoms with Gasteiger partial charge in [0.05, 0.1) is 5.69 Å². The summed E-state index contributed by atoms with van der Waals surface area (Å²) in [5.74, 6) is -0.100. The lowest BCUT2D eigenvalue weighted by molar-refractivity contribution is -0.275. The van der Waals surface area contributed by atoms with Gasteiger partial charge in [-0.2, -0.15) is 0 Å². The maximum absolute atomic E-state index is 12.2. The summed E-state index contributed by atoms with van der Waals surface area (Å²) in [4.78, 5) is 0. The first kappa shape index (κ1) is 14.6. The van der Waals surface area contributed by atoms with Crippen molar-refractivity contribution in [3.8, 4) is 5.75 Å². The van der Waals surface area contributed by atoms with Crippen LogP contribution in [0.5, 0.6) is 5.75 Å². The Morgan fingerprint density at radius 1 is 1.22 bits per heavy atom. The average molecular weight is 262 g/mol. The molecule has 0 aromatic heterocycles. The zero-order valence-corrected chi connectivity index (χ0v) is 10.8. The Bertz CT molecular complexity index is 430. The van der Waals surface area contributed by atoms with E-state index in [-0.39, 0.29) is 5.75 Å². The molecule has 2 rings (SSSR count). The number of halogens is 3. The molecule has 1 aromatic carbocycles. The van der Waals surface area contributed by atoms with Crippen LogP contribution in [0.4, 0.5) is 18.9 Å². The second-order valence-electron chi connectivity index (χ2n) is 3.70. The lowest BCUT2D eigenvalue weighted by Gasteiger charge is -2.16. The Labute approximate surface area is 104 Å². The molecule has 0 radical (unpaired) electrons. The van der Waals surface area contributed by atoms with Gasteiger partial charge in [0.2, 0.25) is 0 Å². The first-order valence-electron chi connectivity index (χ1n) is 5.76. The number of benzene rings is 1. The van der Waals surface area contributed by atoms with Crippen LogP contribution in [0.1, 0.15) is 30.5 Å². The van der Waals surface area contributed by atoms with Gasteiger partial charge in [0.25, 0.3) is 0 Å². The summed E-state index contributed by atoms with van der Waals surface area (Å²) >= 11 is 0. The summed E-state index contributed by atoms with van der Waals surface area (Å²) in [7, 11) is 0. The van der Waals surface area contributed by atoms with E-state index in [0.717, 1.165) is 11.3 Å². The summed E-state index contributed by atoms with van der Waals surface area (Å²) in [6, 6.07) is 1.64. The van der Waals surface area contributed by atoms with Crippen molar-refractivity contribution in [2.45, 2.75) is 40.6 Å². The van der Waals surface area contributed by atoms with E-state index in [0.29, 0.717) is 17.7 Å². The van der Waals surface area contributed by atoms with Gasteiger partial charge in [-0.25, -0.2) is 5.43 Å². The normalized spacial score (nSPS) is 13.3. The number of hydrazine groups is 1. The fourth-order valence-corrected chi connectivity index (χ4v) is 1.84. The first-order chi connectivity index (χ1) is 8.38. The van der Waals surface area contributed by atoms with Crippen molar-refractivity contribution in [3.05, 3.63) is 22.8 Å². The summed E-state index contributed by atoms with van der Waals surface area (Å²) in [6.07, 6.45) is -4.65. The molecule has 1 aliphatic heterocycles. The lowest BCUT2D eigenvalue weighted by atomic mass is 10.0. The predicted octanol–water partition coefficient (Wildman–Crippen LogP) is 3.66. The van der Waals surface area contributed by atoms with Gasteiger partial charge in [-0.15, -0.1) is 13.2 Å². The van der Waals surface area contributed by atoms with Crippen molar-refractivity contribution in [1.29, 1.82) is 0 Å². The minimum Gasteiger partial charge on any atom is -0.405 e. The van der Waals surface area contributed by atoms with Crippen molar-refractivity contribution in [2.24, 2.45) is 0 Å². The number of ether oxygens (including phenoxy) is 1. The minimum atomic E-state index is -4.65. The van der Waals surface area contributed by atoms with E-state index in [1.54, 1.807) is 19.9 Å². The van der Waals surface area contributed by atoms with E-state index in [9.17, 15) is 13.2 Å². The highest BCUT2D eigenvalue weighted by Gasteiger charge is 2.33. The highest BCUT2D eigenvalue weighted by Crippen LogP contribution is 2.36. The topological polar surface area (TPSA) is 33.3 Å². The van der Waals surface area contributed by atoms with Gasteiger partial charge in [0, 0.05) is 6.54 Å². The molecule has 6 heteroatoms. The number of aryl methyl sites for hydroxylation is 1. The third-order valence-electron chi connectivity index (χ3n) is 2.54. The maximum Gasteiger partial charge on any atom is 0.573 e. The van der Waals surface area contributed by atoms with E-state index >= 15 is 0 Å². The highest BCUT2D eigenvalue weighted by atomic mass is 19.4. The molecule has 1 aromatic rings. The Balaban J connectivity index is 0.000000771. The van der Waals surface area contributed by atoms with Gasteiger partial charge in [-0.05, 0) is 36.6 Å². The molecule has 0 spiro atoms. The predicted molar refractivity (Wildman–Crippen MR) is 64.4 cm³/mol. The van der Waals surface area contributed by atoms with Gasteiger partial charge >= 0.3 is 6.36 Å². The molecule has 0 aliphatic carbocycles. The van der Waals surface area contributed by atoms with Crippen LogP contribution in [-0.2, 0) is 6.54 Å². The summed E-state index contributed by atoms with van der Waals surface area (Å²) < 4.78 is 40.6. The smallest absolute Gasteiger partial charge is 0.405 e. The number of nitrogens with one attached hydrogen (secondary N) is 2. The second kappa shape index (κ2) is 5.48. The van der Waals surface area contributed by atoms with E-state index < -0.39 is 6.36 Å². The third-order valence-corrected chi connectivity index (χ3v) is 2.54. The Kier molecular flexibility index (Phi) is 4.45. The largest absolute Gasteiger partial charge is 0.573 e. The monoisotopic (exact) mass is 262 g/mol. The molecule has 102 valence electrons. The number of hydrogen-bond acceptors (Lipinski definition) is 3. The lowest BCUT2D eigenvalue weighted by Crippen LogP contribution is -2.18. The standard InChI is InChI=1S/C10H11F3N2O.C2H6/c1-5-3-8-7(4-14-15-8)6(2)9(5)16-10(11,12)13;1-2/h3,14-15H,4H2,1-2H3;1-2H3.